The lowest BCUT2D eigenvalue weighted by atomic mass is 10.2. The molecule has 0 unspecified atom stereocenters. The van der Waals surface area contributed by atoms with E-state index in [9.17, 15) is 4.79 Å². The van der Waals surface area contributed by atoms with E-state index in [1.807, 2.05) is 0 Å². The molecule has 1 amide bonds. The second kappa shape index (κ2) is 8.20. The molecule has 116 valence electrons. The first-order valence-electron chi connectivity index (χ1n) is 6.72. The Bertz CT molecular complexity index is 736. The fraction of sp³-hybridized carbons (Fsp3) is 0.118. The number of hydrazone groups is 1. The van der Waals surface area contributed by atoms with Gasteiger partial charge >= 0.3 is 0 Å². The summed E-state index contributed by atoms with van der Waals surface area (Å²) in [6.07, 6.45) is 9.73. The molecule has 1 N–H and O–H groups in total. The molecule has 0 aliphatic carbocycles. The van der Waals surface area contributed by atoms with Crippen molar-refractivity contribution in [3.05, 3.63) is 53.9 Å². The Morgan fingerprint density at radius 3 is 2.87 bits per heavy atom. The van der Waals surface area contributed by atoms with Gasteiger partial charge in [0.1, 0.15) is 18.1 Å². The van der Waals surface area contributed by atoms with Gasteiger partial charge in [-0.2, -0.15) is 5.10 Å². The number of nitrogens with zero attached hydrogens (tertiary/aromatic N) is 2. The highest BCUT2D eigenvalue weighted by Gasteiger charge is 2.05. The zero-order chi connectivity index (χ0) is 16.5. The molecule has 0 saturated carbocycles. The monoisotopic (exact) mass is 309 g/mol. The first-order valence-corrected chi connectivity index (χ1v) is 6.72. The maximum absolute atomic E-state index is 11.9. The number of methoxy groups -OCH3 is 1. The van der Waals surface area contributed by atoms with Crippen molar-refractivity contribution >= 4 is 12.1 Å². The highest BCUT2D eigenvalue weighted by molar-refractivity contribution is 5.95. The van der Waals surface area contributed by atoms with Gasteiger partial charge in [-0.05, 0) is 30.3 Å². The molecule has 0 radical (unpaired) electrons. The summed E-state index contributed by atoms with van der Waals surface area (Å²) in [5.74, 6) is 3.24. The number of hydrogen-bond donors (Lipinski definition) is 1. The van der Waals surface area contributed by atoms with Crippen LogP contribution in [0.5, 0.6) is 11.5 Å². The number of terminal acetylenes is 1. The Balaban J connectivity index is 2.11. The van der Waals surface area contributed by atoms with Crippen molar-refractivity contribution in [3.63, 3.8) is 0 Å². The number of nitrogens with one attached hydrogen (secondary N) is 1. The molecule has 1 heterocycles. The molecular formula is C17H15N3O3. The molecule has 1 aromatic heterocycles. The molecule has 0 spiro atoms. The van der Waals surface area contributed by atoms with Gasteiger partial charge in [0.05, 0.1) is 13.3 Å². The summed E-state index contributed by atoms with van der Waals surface area (Å²) >= 11 is 0. The van der Waals surface area contributed by atoms with Crippen LogP contribution in [0.1, 0.15) is 15.9 Å². The van der Waals surface area contributed by atoms with Crippen LogP contribution in [-0.2, 0) is 0 Å². The summed E-state index contributed by atoms with van der Waals surface area (Å²) in [6.45, 7) is 0.135. The van der Waals surface area contributed by atoms with E-state index >= 15 is 0 Å². The summed E-state index contributed by atoms with van der Waals surface area (Å²) in [5, 5.41) is 3.93. The van der Waals surface area contributed by atoms with Crippen molar-refractivity contribution in [1.82, 2.24) is 10.4 Å². The van der Waals surface area contributed by atoms with Crippen LogP contribution in [-0.4, -0.2) is 30.8 Å². The lowest BCUT2D eigenvalue weighted by Crippen LogP contribution is -2.17. The molecule has 0 saturated heterocycles. The van der Waals surface area contributed by atoms with Gasteiger partial charge < -0.3 is 9.47 Å². The van der Waals surface area contributed by atoms with Crippen LogP contribution in [0.25, 0.3) is 0 Å². The van der Waals surface area contributed by atoms with Gasteiger partial charge in [-0.1, -0.05) is 5.92 Å². The number of carbonyl (C=O) groups is 1. The molecule has 2 rings (SSSR count). The molecule has 0 fully saturated rings. The second-order valence-corrected chi connectivity index (χ2v) is 4.33. The minimum Gasteiger partial charge on any atom is -0.497 e. The van der Waals surface area contributed by atoms with E-state index in [1.54, 1.807) is 37.4 Å². The smallest absolute Gasteiger partial charge is 0.271 e. The summed E-state index contributed by atoms with van der Waals surface area (Å²) < 4.78 is 10.6. The zero-order valence-corrected chi connectivity index (χ0v) is 12.5. The molecule has 0 aliphatic rings. The average molecular weight is 309 g/mol. The quantitative estimate of drug-likeness (QED) is 0.502. The number of pyridine rings is 1. The number of carbonyl (C=O) groups excluding carboxylic acids is 1. The Labute approximate surface area is 134 Å². The van der Waals surface area contributed by atoms with Crippen molar-refractivity contribution < 1.29 is 14.3 Å². The second-order valence-electron chi connectivity index (χ2n) is 4.33. The third kappa shape index (κ3) is 4.58. The van der Waals surface area contributed by atoms with Gasteiger partial charge in [0, 0.05) is 23.5 Å². The molecule has 1 aromatic carbocycles. The topological polar surface area (TPSA) is 72.8 Å². The minimum absolute atomic E-state index is 0.135. The molecule has 6 nitrogen and oxygen atoms in total. The molecule has 6 heteroatoms. The summed E-state index contributed by atoms with van der Waals surface area (Å²) in [5.41, 5.74) is 3.53. The van der Waals surface area contributed by atoms with Crippen LogP contribution in [0.3, 0.4) is 0 Å². The van der Waals surface area contributed by atoms with E-state index in [2.05, 4.69) is 21.4 Å². The lowest BCUT2D eigenvalue weighted by Gasteiger charge is -2.08. The van der Waals surface area contributed by atoms with Gasteiger partial charge in [-0.3, -0.25) is 9.78 Å². The molecule has 0 aliphatic heterocycles. The number of hydrogen-bond acceptors (Lipinski definition) is 5. The molecule has 23 heavy (non-hydrogen) atoms. The fourth-order valence-electron chi connectivity index (χ4n) is 1.73. The Morgan fingerprint density at radius 1 is 1.39 bits per heavy atom. The van der Waals surface area contributed by atoms with Crippen LogP contribution in [0, 0.1) is 12.3 Å². The maximum Gasteiger partial charge on any atom is 0.271 e. The fourth-order valence-corrected chi connectivity index (χ4v) is 1.73. The van der Waals surface area contributed by atoms with E-state index in [1.165, 1.54) is 18.6 Å². The van der Waals surface area contributed by atoms with E-state index in [-0.39, 0.29) is 12.5 Å². The first-order chi connectivity index (χ1) is 11.2. The highest BCUT2D eigenvalue weighted by Crippen LogP contribution is 2.22. The van der Waals surface area contributed by atoms with Gasteiger partial charge in [-0.15, -0.1) is 6.42 Å². The van der Waals surface area contributed by atoms with Crippen molar-refractivity contribution in [1.29, 1.82) is 0 Å². The third-order valence-electron chi connectivity index (χ3n) is 2.84. The third-order valence-corrected chi connectivity index (χ3v) is 2.84. The molecular weight excluding hydrogens is 294 g/mol. The number of amides is 1. The summed E-state index contributed by atoms with van der Waals surface area (Å²) in [4.78, 5) is 15.7. The number of ether oxygens (including phenoxy) is 2. The van der Waals surface area contributed by atoms with Crippen molar-refractivity contribution in [2.45, 2.75) is 0 Å². The normalized spacial score (nSPS) is 10.1. The summed E-state index contributed by atoms with van der Waals surface area (Å²) in [6, 6.07) is 8.39. The van der Waals surface area contributed by atoms with E-state index in [0.29, 0.717) is 22.6 Å². The van der Waals surface area contributed by atoms with E-state index in [4.69, 9.17) is 15.9 Å². The van der Waals surface area contributed by atoms with E-state index in [0.717, 1.165) is 0 Å². The van der Waals surface area contributed by atoms with Crippen LogP contribution in [0.15, 0.2) is 47.8 Å². The van der Waals surface area contributed by atoms with Crippen LogP contribution < -0.4 is 14.9 Å². The van der Waals surface area contributed by atoms with Crippen LogP contribution in [0.4, 0.5) is 0 Å². The van der Waals surface area contributed by atoms with Crippen LogP contribution >= 0.6 is 0 Å². The number of aromatic nitrogens is 1. The highest BCUT2D eigenvalue weighted by atomic mass is 16.5. The Morgan fingerprint density at radius 2 is 2.17 bits per heavy atom. The molecule has 0 atom stereocenters. The predicted octanol–water partition coefficient (Wildman–Crippen LogP) is 1.87. The van der Waals surface area contributed by atoms with E-state index < -0.39 is 0 Å². The van der Waals surface area contributed by atoms with Gasteiger partial charge in [0.25, 0.3) is 5.91 Å². The largest absolute Gasteiger partial charge is 0.497 e. The summed E-state index contributed by atoms with van der Waals surface area (Å²) in [7, 11) is 1.56. The maximum atomic E-state index is 11.9. The average Bonchev–Trinajstić information content (AvgIpc) is 2.61. The minimum atomic E-state index is -0.336. The SMILES string of the molecule is C#CCOc1ccc(OC)cc1/C=N\NC(=O)c1ccncc1. The first kappa shape index (κ1) is 16.0. The van der Waals surface area contributed by atoms with Gasteiger partial charge in [0.2, 0.25) is 0 Å². The molecule has 2 aromatic rings. The van der Waals surface area contributed by atoms with Crippen molar-refractivity contribution in [2.75, 3.05) is 13.7 Å². The van der Waals surface area contributed by atoms with Crippen molar-refractivity contribution in [2.24, 2.45) is 5.10 Å². The lowest BCUT2D eigenvalue weighted by molar-refractivity contribution is 0.0955. The Hall–Kier alpha value is -3.33. The van der Waals surface area contributed by atoms with Crippen LogP contribution in [0.2, 0.25) is 0 Å². The molecule has 0 bridgehead atoms. The van der Waals surface area contributed by atoms with Crippen molar-refractivity contribution in [3.8, 4) is 23.8 Å². The standard InChI is InChI=1S/C17H15N3O3/c1-3-10-23-16-5-4-15(22-2)11-14(16)12-19-20-17(21)13-6-8-18-9-7-13/h1,4-9,11-12H,10H2,2H3,(H,20,21)/b19-12-. The zero-order valence-electron chi connectivity index (χ0n) is 12.5. The van der Waals surface area contributed by atoms with Gasteiger partial charge in [0.15, 0.2) is 0 Å². The number of rotatable bonds is 6. The predicted molar refractivity (Wildman–Crippen MR) is 86.6 cm³/mol. The van der Waals surface area contributed by atoms with Gasteiger partial charge in [-0.25, -0.2) is 5.43 Å². The number of benzene rings is 1. The Kier molecular flexibility index (Phi) is 5.72.